The summed E-state index contributed by atoms with van der Waals surface area (Å²) in [5, 5.41) is 0. The van der Waals surface area contributed by atoms with Gasteiger partial charge in [-0.3, -0.25) is 0 Å². The molecule has 0 aromatic rings. The lowest BCUT2D eigenvalue weighted by Gasteiger charge is -1.99. The van der Waals surface area contributed by atoms with Gasteiger partial charge in [0.15, 0.2) is 0 Å². The van der Waals surface area contributed by atoms with Crippen molar-refractivity contribution < 1.29 is 8.78 Å². The molecule has 2 unspecified atom stereocenters. The summed E-state index contributed by atoms with van der Waals surface area (Å²) in [6.45, 7) is 0. The van der Waals surface area contributed by atoms with Crippen LogP contribution in [0.15, 0.2) is 0 Å². The van der Waals surface area contributed by atoms with Crippen LogP contribution in [0.2, 0.25) is 0 Å². The largest absolute Gasteiger partial charge is 0.247 e. The smallest absolute Gasteiger partial charge is 0.103 e. The van der Waals surface area contributed by atoms with Crippen molar-refractivity contribution in [3.8, 4) is 0 Å². The lowest BCUT2D eigenvalue weighted by Crippen LogP contribution is -1.99. The van der Waals surface area contributed by atoms with E-state index in [0.29, 0.717) is 25.7 Å². The van der Waals surface area contributed by atoms with E-state index < -0.39 is 12.3 Å². The predicted octanol–water partition coefficient (Wildman–Crippen LogP) is 2.44. The normalized spacial score (nSPS) is 38.0. The van der Waals surface area contributed by atoms with E-state index in [1.165, 1.54) is 6.42 Å². The Balaban J connectivity index is 2.25. The van der Waals surface area contributed by atoms with Gasteiger partial charge in [0, 0.05) is 0 Å². The number of rotatable bonds is 0. The zero-order chi connectivity index (χ0) is 6.69. The third-order valence-electron chi connectivity index (χ3n) is 1.64. The predicted molar refractivity (Wildman–Crippen MR) is 32.6 cm³/mol. The maximum Gasteiger partial charge on any atom is 0.103 e. The van der Waals surface area contributed by atoms with Gasteiger partial charge in [-0.15, -0.1) is 0 Å². The number of hydrogen-bond donors (Lipinski definition) is 0. The van der Waals surface area contributed by atoms with Crippen molar-refractivity contribution in [1.29, 1.82) is 0 Å². The Morgan fingerprint density at radius 2 is 2.00 bits per heavy atom. The highest BCUT2D eigenvalue weighted by Gasteiger charge is 2.16. The maximum absolute atomic E-state index is 12.4. The molecule has 1 saturated carbocycles. The van der Waals surface area contributed by atoms with E-state index in [0.717, 1.165) is 0 Å². The number of hydrogen-bond acceptors (Lipinski definition) is 0. The SMILES string of the molecule is FC1[CH]CC(F)CCC1. The van der Waals surface area contributed by atoms with Gasteiger partial charge in [0.05, 0.1) is 0 Å². The molecule has 0 bridgehead atoms. The van der Waals surface area contributed by atoms with Crippen LogP contribution in [0.25, 0.3) is 0 Å². The first kappa shape index (κ1) is 6.97. The van der Waals surface area contributed by atoms with E-state index >= 15 is 0 Å². The summed E-state index contributed by atoms with van der Waals surface area (Å²) in [5.74, 6) is 0. The van der Waals surface area contributed by atoms with Gasteiger partial charge >= 0.3 is 0 Å². The van der Waals surface area contributed by atoms with E-state index in [1.54, 1.807) is 0 Å². The molecule has 0 N–H and O–H groups in total. The molecule has 0 saturated heterocycles. The van der Waals surface area contributed by atoms with Crippen LogP contribution in [0.1, 0.15) is 25.7 Å². The summed E-state index contributed by atoms with van der Waals surface area (Å²) in [6.07, 6.45) is 1.85. The van der Waals surface area contributed by atoms with Crippen LogP contribution in [0.5, 0.6) is 0 Å². The third kappa shape index (κ3) is 2.29. The highest BCUT2D eigenvalue weighted by molar-refractivity contribution is 4.82. The Morgan fingerprint density at radius 3 is 2.78 bits per heavy atom. The second kappa shape index (κ2) is 3.14. The molecule has 2 heteroatoms. The lowest BCUT2D eigenvalue weighted by atomic mass is 10.2. The van der Waals surface area contributed by atoms with Crippen LogP contribution in [0.3, 0.4) is 0 Å². The Hall–Kier alpha value is -0.140. The minimum atomic E-state index is -0.856. The monoisotopic (exact) mass is 133 g/mol. The fraction of sp³-hybridized carbons (Fsp3) is 0.857. The Bertz CT molecular complexity index is 73.0. The van der Waals surface area contributed by atoms with Crippen molar-refractivity contribution in [1.82, 2.24) is 0 Å². The molecule has 53 valence electrons. The van der Waals surface area contributed by atoms with E-state index in [2.05, 4.69) is 0 Å². The summed E-state index contributed by atoms with van der Waals surface area (Å²) in [6, 6.07) is 0. The summed E-state index contributed by atoms with van der Waals surface area (Å²) < 4.78 is 24.8. The number of halogens is 2. The molecule has 0 heterocycles. The van der Waals surface area contributed by atoms with Crippen molar-refractivity contribution in [3.05, 3.63) is 6.42 Å². The molecular weight excluding hydrogens is 122 g/mol. The first-order chi connectivity index (χ1) is 4.29. The minimum Gasteiger partial charge on any atom is -0.247 e. The van der Waals surface area contributed by atoms with E-state index in [4.69, 9.17) is 0 Å². The van der Waals surface area contributed by atoms with Crippen LogP contribution in [0, 0.1) is 6.42 Å². The zero-order valence-corrected chi connectivity index (χ0v) is 5.32. The standard InChI is InChI=1S/C7H11F2/c8-6-2-1-3-7(9)5-4-6/h4,6-7H,1-3,5H2. The fourth-order valence-corrected chi connectivity index (χ4v) is 1.07. The molecule has 1 fully saturated rings. The van der Waals surface area contributed by atoms with Gasteiger partial charge in [-0.1, -0.05) is 0 Å². The minimum absolute atomic E-state index is 0.307. The Kier molecular flexibility index (Phi) is 2.43. The van der Waals surface area contributed by atoms with Gasteiger partial charge in [-0.25, -0.2) is 8.78 Å². The topological polar surface area (TPSA) is 0 Å². The van der Waals surface area contributed by atoms with Crippen molar-refractivity contribution in [2.75, 3.05) is 0 Å². The van der Waals surface area contributed by atoms with Crippen molar-refractivity contribution in [2.45, 2.75) is 38.0 Å². The Morgan fingerprint density at radius 1 is 1.22 bits per heavy atom. The highest BCUT2D eigenvalue weighted by atomic mass is 19.1. The highest BCUT2D eigenvalue weighted by Crippen LogP contribution is 2.21. The van der Waals surface area contributed by atoms with Crippen molar-refractivity contribution in [3.63, 3.8) is 0 Å². The van der Waals surface area contributed by atoms with Crippen LogP contribution in [-0.4, -0.2) is 12.3 Å². The molecule has 0 aromatic carbocycles. The van der Waals surface area contributed by atoms with E-state index in [-0.39, 0.29) is 0 Å². The van der Waals surface area contributed by atoms with Gasteiger partial charge in [0.25, 0.3) is 0 Å². The molecule has 0 amide bonds. The summed E-state index contributed by atoms with van der Waals surface area (Å²) in [5.41, 5.74) is 0. The van der Waals surface area contributed by atoms with Gasteiger partial charge in [0.2, 0.25) is 0 Å². The molecule has 0 aliphatic heterocycles. The van der Waals surface area contributed by atoms with Crippen LogP contribution < -0.4 is 0 Å². The Labute approximate surface area is 54.3 Å². The average molecular weight is 133 g/mol. The molecule has 1 aliphatic carbocycles. The maximum atomic E-state index is 12.4. The van der Waals surface area contributed by atoms with Gasteiger partial charge < -0.3 is 0 Å². The second-order valence-corrected chi connectivity index (χ2v) is 2.52. The van der Waals surface area contributed by atoms with E-state index in [1.807, 2.05) is 0 Å². The molecule has 0 nitrogen and oxygen atoms in total. The molecule has 1 aliphatic rings. The van der Waals surface area contributed by atoms with Gasteiger partial charge in [0.1, 0.15) is 12.3 Å². The van der Waals surface area contributed by atoms with Crippen LogP contribution >= 0.6 is 0 Å². The molecule has 0 aromatic heterocycles. The van der Waals surface area contributed by atoms with Gasteiger partial charge in [-0.05, 0) is 32.1 Å². The third-order valence-corrected chi connectivity index (χ3v) is 1.64. The first-order valence-electron chi connectivity index (χ1n) is 3.40. The quantitative estimate of drug-likeness (QED) is 0.445. The average Bonchev–Trinajstić information content (AvgIpc) is 1.97. The second-order valence-electron chi connectivity index (χ2n) is 2.52. The molecule has 1 radical (unpaired) electrons. The summed E-state index contributed by atoms with van der Waals surface area (Å²) >= 11 is 0. The zero-order valence-electron chi connectivity index (χ0n) is 5.32. The fourth-order valence-electron chi connectivity index (χ4n) is 1.07. The van der Waals surface area contributed by atoms with Crippen molar-refractivity contribution in [2.24, 2.45) is 0 Å². The first-order valence-corrected chi connectivity index (χ1v) is 3.40. The summed E-state index contributed by atoms with van der Waals surface area (Å²) in [7, 11) is 0. The van der Waals surface area contributed by atoms with Crippen molar-refractivity contribution >= 4 is 0 Å². The van der Waals surface area contributed by atoms with Gasteiger partial charge in [-0.2, -0.15) is 0 Å². The molecular formula is C7H11F2. The molecule has 0 spiro atoms. The summed E-state index contributed by atoms with van der Waals surface area (Å²) in [4.78, 5) is 0. The number of alkyl halides is 2. The lowest BCUT2D eigenvalue weighted by molar-refractivity contribution is 0.313. The molecule has 1 rings (SSSR count). The van der Waals surface area contributed by atoms with Crippen LogP contribution in [0.4, 0.5) is 8.78 Å². The van der Waals surface area contributed by atoms with E-state index in [9.17, 15) is 8.78 Å². The van der Waals surface area contributed by atoms with Crippen LogP contribution in [-0.2, 0) is 0 Å². The molecule has 2 atom stereocenters. The molecule has 9 heavy (non-hydrogen) atoms.